The number of rotatable bonds is 4. The first-order valence-electron chi connectivity index (χ1n) is 8.16. The summed E-state index contributed by atoms with van der Waals surface area (Å²) < 4.78 is 5.40. The summed E-state index contributed by atoms with van der Waals surface area (Å²) in [5, 5.41) is 7.46. The van der Waals surface area contributed by atoms with Gasteiger partial charge in [0.2, 0.25) is 6.10 Å². The molecular formula is C16H18Cl2N4O4. The Bertz CT molecular complexity index is 722. The Morgan fingerprint density at radius 2 is 2.12 bits per heavy atom. The lowest BCUT2D eigenvalue weighted by molar-refractivity contribution is -0.131. The lowest BCUT2D eigenvalue weighted by Crippen LogP contribution is -2.51. The molecule has 0 saturated carbocycles. The van der Waals surface area contributed by atoms with Crippen molar-refractivity contribution in [3.63, 3.8) is 0 Å². The Hall–Kier alpha value is -2.03. The smallest absolute Gasteiger partial charge is 0.333 e. The third-order valence-electron chi connectivity index (χ3n) is 4.02. The van der Waals surface area contributed by atoms with Crippen LogP contribution < -0.4 is 16.2 Å². The van der Waals surface area contributed by atoms with E-state index in [1.807, 2.05) is 0 Å². The Morgan fingerprint density at radius 1 is 1.27 bits per heavy atom. The predicted octanol–water partition coefficient (Wildman–Crippen LogP) is 2.00. The van der Waals surface area contributed by atoms with Gasteiger partial charge in [-0.15, -0.1) is 0 Å². The van der Waals surface area contributed by atoms with Crippen molar-refractivity contribution in [1.82, 2.24) is 16.2 Å². The number of hydrazine groups is 1. The highest BCUT2D eigenvalue weighted by Gasteiger charge is 2.30. The highest BCUT2D eigenvalue weighted by molar-refractivity contribution is 6.37. The monoisotopic (exact) mass is 400 g/mol. The van der Waals surface area contributed by atoms with Crippen LogP contribution in [0.3, 0.4) is 0 Å². The van der Waals surface area contributed by atoms with E-state index in [0.29, 0.717) is 34.5 Å². The summed E-state index contributed by atoms with van der Waals surface area (Å²) in [6.07, 6.45) is 1.30. The fourth-order valence-corrected chi connectivity index (χ4v) is 3.17. The minimum atomic E-state index is -0.852. The van der Waals surface area contributed by atoms with E-state index >= 15 is 0 Å². The van der Waals surface area contributed by atoms with Gasteiger partial charge in [0.25, 0.3) is 5.91 Å². The number of amides is 3. The molecule has 1 fully saturated rings. The van der Waals surface area contributed by atoms with E-state index in [4.69, 9.17) is 32.8 Å². The number of ether oxygens (including phenoxy) is 1. The number of hydrogen-bond donors (Lipinski definition) is 3. The van der Waals surface area contributed by atoms with Gasteiger partial charge in [-0.3, -0.25) is 10.2 Å². The van der Waals surface area contributed by atoms with Crippen LogP contribution in [0.15, 0.2) is 23.4 Å². The number of carbonyl (C=O) groups is 2. The second-order valence-electron chi connectivity index (χ2n) is 5.92. The third-order valence-corrected chi connectivity index (χ3v) is 4.56. The number of hydrogen-bond acceptors (Lipinski definition) is 5. The molecule has 26 heavy (non-hydrogen) atoms. The molecule has 2 atom stereocenters. The van der Waals surface area contributed by atoms with Crippen molar-refractivity contribution in [2.45, 2.75) is 31.5 Å². The van der Waals surface area contributed by atoms with Crippen molar-refractivity contribution >= 4 is 40.9 Å². The van der Waals surface area contributed by atoms with Gasteiger partial charge in [0, 0.05) is 30.2 Å². The average molecular weight is 401 g/mol. The molecule has 140 valence electrons. The Balaban J connectivity index is 1.42. The highest BCUT2D eigenvalue weighted by atomic mass is 35.5. The molecule has 0 spiro atoms. The quantitative estimate of drug-likeness (QED) is 0.672. The maximum Gasteiger partial charge on any atom is 0.333 e. The number of nitrogens with one attached hydrogen (secondary N) is 3. The highest BCUT2D eigenvalue weighted by Crippen LogP contribution is 2.25. The Morgan fingerprint density at radius 3 is 2.85 bits per heavy atom. The second-order valence-corrected chi connectivity index (χ2v) is 6.76. The van der Waals surface area contributed by atoms with Crippen molar-refractivity contribution in [2.24, 2.45) is 5.16 Å². The summed E-state index contributed by atoms with van der Waals surface area (Å²) in [4.78, 5) is 28.9. The van der Waals surface area contributed by atoms with Gasteiger partial charge in [0.1, 0.15) is 0 Å². The van der Waals surface area contributed by atoms with E-state index in [1.54, 1.807) is 18.2 Å². The molecule has 2 aliphatic rings. The van der Waals surface area contributed by atoms with Gasteiger partial charge in [-0.2, -0.15) is 0 Å². The molecule has 3 N–H and O–H groups in total. The van der Waals surface area contributed by atoms with E-state index in [-0.39, 0.29) is 12.5 Å². The fourth-order valence-electron chi connectivity index (χ4n) is 2.66. The molecule has 1 aromatic rings. The van der Waals surface area contributed by atoms with Gasteiger partial charge in [-0.1, -0.05) is 34.4 Å². The number of nitrogens with zero attached hydrogens (tertiary/aromatic N) is 1. The molecule has 0 radical (unpaired) electrons. The van der Waals surface area contributed by atoms with Crippen LogP contribution in [0.4, 0.5) is 4.79 Å². The van der Waals surface area contributed by atoms with Gasteiger partial charge in [-0.05, 0) is 25.0 Å². The molecule has 1 saturated heterocycles. The summed E-state index contributed by atoms with van der Waals surface area (Å²) in [6, 6.07) is 4.46. The van der Waals surface area contributed by atoms with Crippen LogP contribution in [0.1, 0.15) is 24.8 Å². The molecule has 0 bridgehead atoms. The molecular weight excluding hydrogens is 383 g/mol. The zero-order chi connectivity index (χ0) is 18.5. The van der Waals surface area contributed by atoms with Gasteiger partial charge in [0.15, 0.2) is 0 Å². The first kappa shape index (κ1) is 18.8. The van der Waals surface area contributed by atoms with Crippen molar-refractivity contribution < 1.29 is 19.2 Å². The summed E-state index contributed by atoms with van der Waals surface area (Å²) in [5.74, 6) is -0.513. The molecule has 10 heteroatoms. The zero-order valence-electron chi connectivity index (χ0n) is 13.8. The molecule has 1 aromatic carbocycles. The lowest BCUT2D eigenvalue weighted by atomic mass is 10.0. The zero-order valence-corrected chi connectivity index (χ0v) is 15.3. The number of benzene rings is 1. The van der Waals surface area contributed by atoms with Crippen molar-refractivity contribution in [3.05, 3.63) is 33.8 Å². The van der Waals surface area contributed by atoms with E-state index in [9.17, 15) is 9.59 Å². The molecule has 8 nitrogen and oxygen atoms in total. The standard InChI is InChI=1S/C16H18Cl2N4O4/c17-9-3-4-11(12(18)6-9)13-7-14(26-22-13)15(23)20-21-16(24)19-8-10-2-1-5-25-10/h3-4,6,10,14H,1-2,5,7-8H2,(H,20,23)(H2,19,21,24)/t10-,14+/m1/s1. The van der Waals surface area contributed by atoms with Crippen LogP contribution in [0.5, 0.6) is 0 Å². The van der Waals surface area contributed by atoms with E-state index in [0.717, 1.165) is 12.8 Å². The van der Waals surface area contributed by atoms with Gasteiger partial charge < -0.3 is 14.9 Å². The van der Waals surface area contributed by atoms with Crippen LogP contribution in [-0.2, 0) is 14.4 Å². The number of oxime groups is 1. The first-order valence-corrected chi connectivity index (χ1v) is 8.92. The molecule has 3 rings (SSSR count). The topological polar surface area (TPSA) is 101 Å². The fraction of sp³-hybridized carbons (Fsp3) is 0.438. The SMILES string of the molecule is O=C(NC[C@H]1CCCO1)NNC(=O)[C@@H]1CC(c2ccc(Cl)cc2Cl)=NO1. The van der Waals surface area contributed by atoms with E-state index in [2.05, 4.69) is 21.3 Å². The largest absolute Gasteiger partial charge is 0.382 e. The number of halogens is 2. The predicted molar refractivity (Wildman–Crippen MR) is 96.1 cm³/mol. The van der Waals surface area contributed by atoms with Gasteiger partial charge >= 0.3 is 6.03 Å². The summed E-state index contributed by atoms with van der Waals surface area (Å²) >= 11 is 12.0. The maximum atomic E-state index is 12.1. The van der Waals surface area contributed by atoms with E-state index in [1.165, 1.54) is 0 Å². The number of urea groups is 1. The molecule has 0 unspecified atom stereocenters. The van der Waals surface area contributed by atoms with Crippen LogP contribution >= 0.6 is 23.2 Å². The third kappa shape index (κ3) is 4.78. The summed E-state index contributed by atoms with van der Waals surface area (Å²) in [5.41, 5.74) is 5.76. The second kappa shape index (κ2) is 8.57. The molecule has 0 aromatic heterocycles. The van der Waals surface area contributed by atoms with E-state index < -0.39 is 18.0 Å². The van der Waals surface area contributed by atoms with Crippen LogP contribution in [0.2, 0.25) is 10.0 Å². The van der Waals surface area contributed by atoms with Crippen molar-refractivity contribution in [1.29, 1.82) is 0 Å². The Labute approximate surface area is 160 Å². The molecule has 2 aliphatic heterocycles. The minimum Gasteiger partial charge on any atom is -0.382 e. The maximum absolute atomic E-state index is 12.1. The van der Waals surface area contributed by atoms with Gasteiger partial charge in [0.05, 0.1) is 16.8 Å². The number of carbonyl (C=O) groups excluding carboxylic acids is 2. The Kier molecular flexibility index (Phi) is 6.18. The summed E-state index contributed by atoms with van der Waals surface area (Å²) in [6.45, 7) is 1.10. The molecule has 3 amide bonds. The lowest BCUT2D eigenvalue weighted by Gasteiger charge is -2.13. The molecule has 2 heterocycles. The van der Waals surface area contributed by atoms with Crippen LogP contribution in [-0.4, -0.2) is 43.0 Å². The molecule has 0 aliphatic carbocycles. The van der Waals surface area contributed by atoms with Crippen LogP contribution in [0.25, 0.3) is 0 Å². The minimum absolute atomic E-state index is 0.0229. The summed E-state index contributed by atoms with van der Waals surface area (Å²) in [7, 11) is 0. The first-order chi connectivity index (χ1) is 12.5. The average Bonchev–Trinajstić information content (AvgIpc) is 3.29. The van der Waals surface area contributed by atoms with Crippen LogP contribution in [0, 0.1) is 0 Å². The normalized spacial score (nSPS) is 21.7. The van der Waals surface area contributed by atoms with Crippen molar-refractivity contribution in [3.8, 4) is 0 Å². The van der Waals surface area contributed by atoms with Crippen molar-refractivity contribution in [2.75, 3.05) is 13.2 Å². The van der Waals surface area contributed by atoms with Gasteiger partial charge in [-0.25, -0.2) is 10.2 Å².